The van der Waals surface area contributed by atoms with E-state index >= 15 is 0 Å². The number of ether oxygens (including phenoxy) is 1. The molecule has 1 aromatic heterocycles. The predicted octanol–water partition coefficient (Wildman–Crippen LogP) is 3.84. The van der Waals surface area contributed by atoms with Crippen LogP contribution >= 0.6 is 0 Å². The van der Waals surface area contributed by atoms with Gasteiger partial charge in [0.2, 0.25) is 5.95 Å². The number of piperazine rings is 1. The standard InChI is InChI=1S/C28H36N6O3/c1-5-33-12-13-34(19-20(33)2)25-10-8-24(9-11-25)31-28-29-17-22(18-30-28)7-6-21-14-23(27(35)32-37-4)16-26(15-21)36-3/h8-11,14-18,20H,5-7,12-13,19H2,1-4H3,(H,32,35)(H,29,30,31)/t20-/m1/s1. The van der Waals surface area contributed by atoms with E-state index in [-0.39, 0.29) is 5.91 Å². The Balaban J connectivity index is 1.32. The zero-order valence-electron chi connectivity index (χ0n) is 22.0. The first-order valence-electron chi connectivity index (χ1n) is 12.7. The van der Waals surface area contributed by atoms with Gasteiger partial charge in [-0.05, 0) is 79.9 Å². The first kappa shape index (κ1) is 26.4. The number of rotatable bonds is 10. The molecule has 2 aromatic carbocycles. The molecule has 0 radical (unpaired) electrons. The highest BCUT2D eigenvalue weighted by Crippen LogP contribution is 2.23. The molecule has 1 aliphatic rings. The summed E-state index contributed by atoms with van der Waals surface area (Å²) in [5.74, 6) is 0.864. The van der Waals surface area contributed by atoms with Gasteiger partial charge in [-0.1, -0.05) is 6.92 Å². The summed E-state index contributed by atoms with van der Waals surface area (Å²) in [4.78, 5) is 30.8. The van der Waals surface area contributed by atoms with Crippen molar-refractivity contribution in [3.8, 4) is 5.75 Å². The van der Waals surface area contributed by atoms with Crippen LogP contribution in [0.4, 0.5) is 17.3 Å². The lowest BCUT2D eigenvalue weighted by molar-refractivity contribution is 0.0537. The SMILES string of the molecule is CCN1CCN(c2ccc(Nc3ncc(CCc4cc(OC)cc(C(=O)NOC)c4)cn3)cc2)C[C@H]1C. The molecule has 1 atom stereocenters. The third kappa shape index (κ3) is 6.96. The van der Waals surface area contributed by atoms with Crippen LogP contribution in [0.5, 0.6) is 5.75 Å². The molecule has 196 valence electrons. The van der Waals surface area contributed by atoms with Gasteiger partial charge in [0.1, 0.15) is 5.75 Å². The Morgan fingerprint density at radius 2 is 1.76 bits per heavy atom. The van der Waals surface area contributed by atoms with E-state index in [4.69, 9.17) is 9.57 Å². The van der Waals surface area contributed by atoms with Crippen LogP contribution in [0.3, 0.4) is 0 Å². The molecule has 1 aliphatic heterocycles. The van der Waals surface area contributed by atoms with Crippen LogP contribution in [0.25, 0.3) is 0 Å². The van der Waals surface area contributed by atoms with Crippen molar-refractivity contribution < 1.29 is 14.4 Å². The van der Waals surface area contributed by atoms with Gasteiger partial charge in [-0.3, -0.25) is 14.5 Å². The molecule has 1 amide bonds. The number of anilines is 3. The monoisotopic (exact) mass is 504 g/mol. The summed E-state index contributed by atoms with van der Waals surface area (Å²) in [5, 5.41) is 3.29. The number of aromatic nitrogens is 2. The number of nitrogens with one attached hydrogen (secondary N) is 2. The number of hydrogen-bond acceptors (Lipinski definition) is 8. The quantitative estimate of drug-likeness (QED) is 0.403. The maximum atomic E-state index is 12.1. The second-order valence-electron chi connectivity index (χ2n) is 9.22. The molecule has 0 saturated carbocycles. The number of methoxy groups -OCH3 is 1. The molecular formula is C28H36N6O3. The zero-order valence-corrected chi connectivity index (χ0v) is 22.0. The average molecular weight is 505 g/mol. The van der Waals surface area contributed by atoms with Crippen molar-refractivity contribution in [2.45, 2.75) is 32.7 Å². The van der Waals surface area contributed by atoms with E-state index in [1.54, 1.807) is 13.2 Å². The van der Waals surface area contributed by atoms with Crippen LogP contribution in [0, 0.1) is 0 Å². The van der Waals surface area contributed by atoms with Crippen molar-refractivity contribution in [1.29, 1.82) is 0 Å². The highest BCUT2D eigenvalue weighted by molar-refractivity contribution is 5.94. The molecule has 2 heterocycles. The van der Waals surface area contributed by atoms with Gasteiger partial charge in [-0.15, -0.1) is 0 Å². The van der Waals surface area contributed by atoms with Gasteiger partial charge in [0.05, 0.1) is 14.2 Å². The number of carbonyl (C=O) groups is 1. The summed E-state index contributed by atoms with van der Waals surface area (Å²) < 4.78 is 5.35. The summed E-state index contributed by atoms with van der Waals surface area (Å²) in [7, 11) is 2.99. The van der Waals surface area contributed by atoms with E-state index in [9.17, 15) is 4.79 Å². The number of amides is 1. The molecular weight excluding hydrogens is 468 g/mol. The van der Waals surface area contributed by atoms with Crippen LogP contribution in [-0.4, -0.2) is 67.2 Å². The molecule has 0 bridgehead atoms. The maximum absolute atomic E-state index is 12.1. The van der Waals surface area contributed by atoms with Crippen LogP contribution < -0.4 is 20.4 Å². The number of hydrogen-bond donors (Lipinski definition) is 2. The summed E-state index contributed by atoms with van der Waals surface area (Å²) >= 11 is 0. The molecule has 1 fully saturated rings. The Labute approximate surface area is 218 Å². The van der Waals surface area contributed by atoms with Crippen molar-refractivity contribution in [2.24, 2.45) is 0 Å². The second kappa shape index (κ2) is 12.5. The van der Waals surface area contributed by atoms with Crippen LogP contribution in [-0.2, 0) is 17.7 Å². The number of carbonyl (C=O) groups excluding carboxylic acids is 1. The molecule has 0 spiro atoms. The first-order valence-corrected chi connectivity index (χ1v) is 12.7. The van der Waals surface area contributed by atoms with Gasteiger partial charge in [0.15, 0.2) is 0 Å². The molecule has 37 heavy (non-hydrogen) atoms. The van der Waals surface area contributed by atoms with Crippen LogP contribution in [0.1, 0.15) is 35.3 Å². The molecule has 3 aromatic rings. The van der Waals surface area contributed by atoms with Gasteiger partial charge in [0.25, 0.3) is 5.91 Å². The maximum Gasteiger partial charge on any atom is 0.274 e. The fraction of sp³-hybridized carbons (Fsp3) is 0.393. The van der Waals surface area contributed by atoms with Crippen molar-refractivity contribution in [2.75, 3.05) is 50.6 Å². The molecule has 0 unspecified atom stereocenters. The van der Waals surface area contributed by atoms with E-state index in [0.717, 1.165) is 49.4 Å². The molecule has 9 nitrogen and oxygen atoms in total. The predicted molar refractivity (Wildman–Crippen MR) is 146 cm³/mol. The lowest BCUT2D eigenvalue weighted by atomic mass is 10.0. The Hall–Kier alpha value is -3.69. The Morgan fingerprint density at radius 1 is 1.03 bits per heavy atom. The Morgan fingerprint density at radius 3 is 2.41 bits per heavy atom. The second-order valence-corrected chi connectivity index (χ2v) is 9.22. The largest absolute Gasteiger partial charge is 0.497 e. The Bertz CT molecular complexity index is 1170. The highest BCUT2D eigenvalue weighted by atomic mass is 16.6. The smallest absolute Gasteiger partial charge is 0.274 e. The van der Waals surface area contributed by atoms with E-state index in [1.807, 2.05) is 24.5 Å². The van der Waals surface area contributed by atoms with Crippen LogP contribution in [0.15, 0.2) is 54.9 Å². The Kier molecular flexibility index (Phi) is 8.92. The van der Waals surface area contributed by atoms with Gasteiger partial charge < -0.3 is 15.0 Å². The topological polar surface area (TPSA) is 91.8 Å². The third-order valence-corrected chi connectivity index (χ3v) is 6.73. The van der Waals surface area contributed by atoms with Crippen molar-refractivity contribution in [3.05, 3.63) is 71.5 Å². The summed E-state index contributed by atoms with van der Waals surface area (Å²) in [5.41, 5.74) is 7.00. The first-order chi connectivity index (χ1) is 18.0. The molecule has 9 heteroatoms. The molecule has 0 aliphatic carbocycles. The van der Waals surface area contributed by atoms with Crippen molar-refractivity contribution >= 4 is 23.2 Å². The average Bonchev–Trinajstić information content (AvgIpc) is 2.93. The zero-order chi connectivity index (χ0) is 26.2. The number of aryl methyl sites for hydroxylation is 2. The third-order valence-electron chi connectivity index (χ3n) is 6.73. The number of hydroxylamine groups is 1. The number of nitrogens with zero attached hydrogens (tertiary/aromatic N) is 4. The van der Waals surface area contributed by atoms with Gasteiger partial charge in [-0.2, -0.15) is 0 Å². The molecule has 4 rings (SSSR count). The summed E-state index contributed by atoms with van der Waals surface area (Å²) in [6.07, 6.45) is 5.11. The minimum absolute atomic E-state index is 0.317. The van der Waals surface area contributed by atoms with Gasteiger partial charge in [0, 0.05) is 55.0 Å². The van der Waals surface area contributed by atoms with E-state index < -0.39 is 0 Å². The minimum atomic E-state index is -0.317. The summed E-state index contributed by atoms with van der Waals surface area (Å²) in [6.45, 7) is 8.81. The van der Waals surface area contributed by atoms with Crippen molar-refractivity contribution in [1.82, 2.24) is 20.3 Å². The lowest BCUT2D eigenvalue weighted by Gasteiger charge is -2.40. The number of benzene rings is 2. The normalized spacial score (nSPS) is 15.9. The molecule has 2 N–H and O–H groups in total. The lowest BCUT2D eigenvalue weighted by Crippen LogP contribution is -2.51. The minimum Gasteiger partial charge on any atom is -0.497 e. The number of likely N-dealkylation sites (N-methyl/N-ethyl adjacent to an activating group) is 1. The van der Waals surface area contributed by atoms with E-state index in [0.29, 0.717) is 29.7 Å². The van der Waals surface area contributed by atoms with Gasteiger partial charge in [-0.25, -0.2) is 15.4 Å². The van der Waals surface area contributed by atoms with E-state index in [2.05, 4.69) is 68.7 Å². The van der Waals surface area contributed by atoms with Crippen LogP contribution in [0.2, 0.25) is 0 Å². The fourth-order valence-electron chi connectivity index (χ4n) is 4.63. The van der Waals surface area contributed by atoms with Gasteiger partial charge >= 0.3 is 0 Å². The molecule has 1 saturated heterocycles. The van der Waals surface area contributed by atoms with E-state index in [1.165, 1.54) is 12.8 Å². The fourth-order valence-corrected chi connectivity index (χ4v) is 4.63. The summed E-state index contributed by atoms with van der Waals surface area (Å²) in [6, 6.07) is 14.5. The van der Waals surface area contributed by atoms with Crippen molar-refractivity contribution in [3.63, 3.8) is 0 Å². The highest BCUT2D eigenvalue weighted by Gasteiger charge is 2.22.